The van der Waals surface area contributed by atoms with Gasteiger partial charge in [-0.1, -0.05) is 0 Å². The lowest BCUT2D eigenvalue weighted by Gasteiger charge is -2.36. The lowest BCUT2D eigenvalue weighted by atomic mass is 9.93. The molecular weight excluding hydrogens is 444 g/mol. The summed E-state index contributed by atoms with van der Waals surface area (Å²) in [7, 11) is 0. The van der Waals surface area contributed by atoms with Crippen LogP contribution in [-0.4, -0.2) is 47.6 Å². The molecule has 2 aliphatic rings. The average Bonchev–Trinajstić information content (AvgIpc) is 3.33. The molecule has 0 saturated carbocycles. The Hall–Kier alpha value is -3.56. The summed E-state index contributed by atoms with van der Waals surface area (Å²) >= 11 is 0. The van der Waals surface area contributed by atoms with Gasteiger partial charge in [0.25, 0.3) is 0 Å². The number of nitrogens with zero attached hydrogens (tertiary/aromatic N) is 4. The molecule has 0 spiro atoms. The summed E-state index contributed by atoms with van der Waals surface area (Å²) in [6.45, 7) is 5.42. The first-order valence-corrected chi connectivity index (χ1v) is 13.4. The van der Waals surface area contributed by atoms with Gasteiger partial charge in [-0.2, -0.15) is 5.26 Å². The summed E-state index contributed by atoms with van der Waals surface area (Å²) in [5, 5.41) is 11.5. The minimum Gasteiger partial charge on any atom is -0.398 e. The Kier molecular flexibility index (Phi) is 6.25. The number of aryl methyl sites for hydroxylation is 2. The van der Waals surface area contributed by atoms with E-state index in [4.69, 9.17) is 10.7 Å². The van der Waals surface area contributed by atoms with Crippen molar-refractivity contribution in [3.8, 4) is 6.07 Å². The number of nitrogens with two attached hydrogens (primary N) is 1. The number of pyridine rings is 1. The number of benzene rings is 2. The highest BCUT2D eigenvalue weighted by atomic mass is 15.3. The fourth-order valence-electron chi connectivity index (χ4n) is 5.98. The molecule has 1 aliphatic heterocycles. The van der Waals surface area contributed by atoms with E-state index in [-0.39, 0.29) is 0 Å². The number of hydrogen-bond donors (Lipinski definition) is 2. The van der Waals surface area contributed by atoms with Crippen LogP contribution >= 0.6 is 0 Å². The number of H-pyrrole nitrogens is 1. The average molecular weight is 479 g/mol. The van der Waals surface area contributed by atoms with Gasteiger partial charge in [0.1, 0.15) is 0 Å². The normalized spacial score (nSPS) is 16.4. The summed E-state index contributed by atoms with van der Waals surface area (Å²) in [6, 6.07) is 14.8. The molecule has 6 rings (SSSR count). The van der Waals surface area contributed by atoms with E-state index >= 15 is 0 Å². The zero-order valence-corrected chi connectivity index (χ0v) is 20.9. The first-order chi connectivity index (χ1) is 17.7. The van der Waals surface area contributed by atoms with Crippen molar-refractivity contribution in [1.82, 2.24) is 14.9 Å². The van der Waals surface area contributed by atoms with E-state index < -0.39 is 0 Å². The van der Waals surface area contributed by atoms with Gasteiger partial charge in [0.05, 0.1) is 17.1 Å². The summed E-state index contributed by atoms with van der Waals surface area (Å²) in [5.74, 6) is 0. The molecule has 0 atom stereocenters. The molecule has 6 heteroatoms. The lowest BCUT2D eigenvalue weighted by Crippen LogP contribution is -2.46. The molecule has 0 unspecified atom stereocenters. The van der Waals surface area contributed by atoms with Crippen LogP contribution in [0.25, 0.3) is 21.8 Å². The second-order valence-electron chi connectivity index (χ2n) is 10.3. The molecule has 36 heavy (non-hydrogen) atoms. The predicted molar refractivity (Wildman–Crippen MR) is 147 cm³/mol. The van der Waals surface area contributed by atoms with Gasteiger partial charge in [0.15, 0.2) is 0 Å². The first kappa shape index (κ1) is 22.9. The predicted octanol–water partition coefficient (Wildman–Crippen LogP) is 5.19. The number of nitriles is 1. The van der Waals surface area contributed by atoms with Gasteiger partial charge in [0, 0.05) is 65.7 Å². The van der Waals surface area contributed by atoms with E-state index in [2.05, 4.69) is 45.2 Å². The minimum absolute atomic E-state index is 0.728. The zero-order chi connectivity index (χ0) is 24.5. The quantitative estimate of drug-likeness (QED) is 0.372. The second-order valence-corrected chi connectivity index (χ2v) is 10.3. The number of unbranched alkanes of at least 4 members (excludes halogenated alkanes) is 1. The molecule has 4 aromatic rings. The number of nitrogens with one attached hydrogen (secondary N) is 1. The van der Waals surface area contributed by atoms with Gasteiger partial charge in [-0.25, -0.2) is 0 Å². The van der Waals surface area contributed by atoms with Crippen LogP contribution in [-0.2, 0) is 19.3 Å². The van der Waals surface area contributed by atoms with Crippen LogP contribution in [0.5, 0.6) is 0 Å². The molecule has 0 radical (unpaired) electrons. The van der Waals surface area contributed by atoms with Gasteiger partial charge >= 0.3 is 0 Å². The van der Waals surface area contributed by atoms with Crippen LogP contribution in [0.2, 0.25) is 0 Å². The van der Waals surface area contributed by atoms with Crippen molar-refractivity contribution in [2.45, 2.75) is 44.9 Å². The van der Waals surface area contributed by atoms with Crippen LogP contribution < -0.4 is 10.6 Å². The molecular formula is C30H34N6. The van der Waals surface area contributed by atoms with E-state index in [9.17, 15) is 5.26 Å². The van der Waals surface area contributed by atoms with Gasteiger partial charge in [-0.3, -0.25) is 9.88 Å². The van der Waals surface area contributed by atoms with E-state index in [0.29, 0.717) is 0 Å². The van der Waals surface area contributed by atoms with Crippen molar-refractivity contribution in [2.24, 2.45) is 0 Å². The van der Waals surface area contributed by atoms with E-state index in [1.54, 1.807) is 0 Å². The monoisotopic (exact) mass is 478 g/mol. The smallest absolute Gasteiger partial charge is 0.0991 e. The van der Waals surface area contributed by atoms with E-state index in [1.807, 2.05) is 18.2 Å². The molecule has 2 aromatic heterocycles. The Morgan fingerprint density at radius 1 is 0.972 bits per heavy atom. The number of aromatic nitrogens is 2. The molecule has 1 aliphatic carbocycles. The summed E-state index contributed by atoms with van der Waals surface area (Å²) in [4.78, 5) is 13.4. The largest absolute Gasteiger partial charge is 0.398 e. The number of nitrogen functional groups attached to an aromatic ring is 1. The molecule has 6 nitrogen and oxygen atoms in total. The van der Waals surface area contributed by atoms with Crippen molar-refractivity contribution >= 4 is 33.2 Å². The number of rotatable bonds is 6. The molecule has 0 bridgehead atoms. The zero-order valence-electron chi connectivity index (χ0n) is 20.9. The van der Waals surface area contributed by atoms with Crippen LogP contribution in [0, 0.1) is 11.3 Å². The maximum absolute atomic E-state index is 9.20. The fourth-order valence-corrected chi connectivity index (χ4v) is 5.98. The fraction of sp³-hybridized carbons (Fsp3) is 0.400. The third-order valence-corrected chi connectivity index (χ3v) is 8.10. The first-order valence-electron chi connectivity index (χ1n) is 13.4. The Balaban J connectivity index is 1.02. The number of fused-ring (bicyclic) bond motifs is 3. The molecule has 1 fully saturated rings. The van der Waals surface area contributed by atoms with Gasteiger partial charge in [-0.05, 0) is 99.0 Å². The van der Waals surface area contributed by atoms with Crippen molar-refractivity contribution in [2.75, 3.05) is 43.4 Å². The van der Waals surface area contributed by atoms with Crippen molar-refractivity contribution < 1.29 is 0 Å². The van der Waals surface area contributed by atoms with Crippen LogP contribution in [0.15, 0.2) is 42.6 Å². The summed E-state index contributed by atoms with van der Waals surface area (Å²) in [5.41, 5.74) is 15.5. The van der Waals surface area contributed by atoms with Gasteiger partial charge in [-0.15, -0.1) is 0 Å². The highest BCUT2D eigenvalue weighted by Gasteiger charge is 2.20. The highest BCUT2D eigenvalue weighted by molar-refractivity contribution is 5.94. The maximum atomic E-state index is 9.20. The number of aromatic amines is 1. The van der Waals surface area contributed by atoms with E-state index in [0.717, 1.165) is 86.1 Å². The second kappa shape index (κ2) is 9.83. The van der Waals surface area contributed by atoms with Crippen LogP contribution in [0.1, 0.15) is 48.1 Å². The molecule has 3 heterocycles. The standard InChI is InChI=1S/C30H34N6/c31-19-21-8-11-27-26(17-21)22(20-33-27)5-3-4-12-35-13-15-36(16-14-35)23-9-10-25-29(18-23)34-28-7-2-1-6-24(28)30(25)32/h8-11,17-18,20,33H,1-7,12-16H2,(H2,32,34). The molecule has 184 valence electrons. The Morgan fingerprint density at radius 2 is 1.83 bits per heavy atom. The molecule has 2 aromatic carbocycles. The molecule has 3 N–H and O–H groups in total. The maximum Gasteiger partial charge on any atom is 0.0991 e. The van der Waals surface area contributed by atoms with Crippen LogP contribution in [0.4, 0.5) is 11.4 Å². The van der Waals surface area contributed by atoms with Crippen molar-refractivity contribution in [1.29, 1.82) is 5.26 Å². The highest BCUT2D eigenvalue weighted by Crippen LogP contribution is 2.33. The Morgan fingerprint density at radius 3 is 2.69 bits per heavy atom. The summed E-state index contributed by atoms with van der Waals surface area (Å²) < 4.78 is 0. The lowest BCUT2D eigenvalue weighted by molar-refractivity contribution is 0.253. The van der Waals surface area contributed by atoms with Crippen molar-refractivity contribution in [3.05, 3.63) is 65.0 Å². The minimum atomic E-state index is 0.728. The topological polar surface area (TPSA) is 85.0 Å². The molecule has 0 amide bonds. The number of hydrogen-bond acceptors (Lipinski definition) is 5. The SMILES string of the molecule is N#Cc1ccc2[nH]cc(CCCCN3CCN(c4ccc5c(N)c6c(nc5c4)CCCC6)CC3)c2c1. The third-order valence-electron chi connectivity index (χ3n) is 8.10. The third kappa shape index (κ3) is 4.40. The summed E-state index contributed by atoms with van der Waals surface area (Å²) in [6.07, 6.45) is 10.1. The van der Waals surface area contributed by atoms with E-state index in [1.165, 1.54) is 47.2 Å². The Bertz CT molecular complexity index is 1440. The Labute approximate surface area is 212 Å². The van der Waals surface area contributed by atoms with Crippen LogP contribution in [0.3, 0.4) is 0 Å². The van der Waals surface area contributed by atoms with Crippen molar-refractivity contribution in [3.63, 3.8) is 0 Å². The van der Waals surface area contributed by atoms with Gasteiger partial charge in [0.2, 0.25) is 0 Å². The number of anilines is 2. The van der Waals surface area contributed by atoms with Gasteiger partial charge < -0.3 is 15.6 Å². The number of piperazine rings is 1. The molecule has 1 saturated heterocycles.